The lowest BCUT2D eigenvalue weighted by atomic mass is 10.2. The van der Waals surface area contributed by atoms with Crippen molar-refractivity contribution >= 4 is 33.0 Å². The van der Waals surface area contributed by atoms with E-state index in [0.29, 0.717) is 5.69 Å². The van der Waals surface area contributed by atoms with Crippen LogP contribution in [0.25, 0.3) is 0 Å². The molecule has 0 bridgehead atoms. The number of hydrogen-bond donors (Lipinski definition) is 1. The third kappa shape index (κ3) is 2.84. The minimum Gasteiger partial charge on any atom is -0.378 e. The van der Waals surface area contributed by atoms with Gasteiger partial charge < -0.3 is 5.32 Å². The lowest BCUT2D eigenvalue weighted by Crippen LogP contribution is -2.05. The second kappa shape index (κ2) is 5.14. The van der Waals surface area contributed by atoms with Gasteiger partial charge in [-0.3, -0.25) is 0 Å². The zero-order chi connectivity index (χ0) is 12.4. The molecule has 1 aromatic heterocycles. The fourth-order valence-corrected chi connectivity index (χ4v) is 3.24. The molecule has 2 rings (SSSR count). The van der Waals surface area contributed by atoms with E-state index in [9.17, 15) is 8.78 Å². The van der Waals surface area contributed by atoms with E-state index >= 15 is 0 Å². The van der Waals surface area contributed by atoms with Crippen LogP contribution in [0.4, 0.5) is 14.5 Å². The molecular formula is C12H10BrF2NS. The summed E-state index contributed by atoms with van der Waals surface area (Å²) in [6.45, 7) is 1.97. The first-order valence-corrected chi connectivity index (χ1v) is 6.69. The number of halogens is 3. The van der Waals surface area contributed by atoms with Gasteiger partial charge >= 0.3 is 0 Å². The van der Waals surface area contributed by atoms with Crippen LogP contribution in [0.5, 0.6) is 0 Å². The number of anilines is 1. The lowest BCUT2D eigenvalue weighted by molar-refractivity contribution is 0.509. The molecule has 0 aliphatic carbocycles. The van der Waals surface area contributed by atoms with Crippen LogP contribution in [-0.2, 0) is 0 Å². The highest BCUT2D eigenvalue weighted by atomic mass is 79.9. The first-order valence-electron chi connectivity index (χ1n) is 5.02. The molecule has 5 heteroatoms. The van der Waals surface area contributed by atoms with Gasteiger partial charge in [-0.2, -0.15) is 0 Å². The summed E-state index contributed by atoms with van der Waals surface area (Å²) in [5.41, 5.74) is 0.566. The van der Waals surface area contributed by atoms with E-state index in [0.717, 1.165) is 21.5 Å². The Balaban J connectivity index is 2.16. The van der Waals surface area contributed by atoms with Crippen LogP contribution in [0.15, 0.2) is 34.1 Å². The highest BCUT2D eigenvalue weighted by Gasteiger charge is 2.11. The average molecular weight is 318 g/mol. The van der Waals surface area contributed by atoms with E-state index < -0.39 is 11.6 Å². The van der Waals surface area contributed by atoms with Crippen LogP contribution in [0.3, 0.4) is 0 Å². The van der Waals surface area contributed by atoms with Crippen molar-refractivity contribution in [2.45, 2.75) is 13.0 Å². The Morgan fingerprint density at radius 3 is 2.59 bits per heavy atom. The van der Waals surface area contributed by atoms with Gasteiger partial charge in [0, 0.05) is 21.1 Å². The third-order valence-corrected chi connectivity index (χ3v) is 4.39. The Labute approximate surface area is 111 Å². The Kier molecular flexibility index (Phi) is 3.79. The van der Waals surface area contributed by atoms with Gasteiger partial charge in [0.05, 0.1) is 6.04 Å². The average Bonchev–Trinajstić information content (AvgIpc) is 2.70. The molecule has 1 unspecified atom stereocenters. The summed E-state index contributed by atoms with van der Waals surface area (Å²) in [4.78, 5) is 1.12. The number of hydrogen-bond acceptors (Lipinski definition) is 2. The van der Waals surface area contributed by atoms with E-state index in [-0.39, 0.29) is 6.04 Å². The van der Waals surface area contributed by atoms with Crippen molar-refractivity contribution in [1.82, 2.24) is 0 Å². The van der Waals surface area contributed by atoms with Crippen molar-refractivity contribution in [2.75, 3.05) is 5.32 Å². The predicted molar refractivity (Wildman–Crippen MR) is 70.4 cm³/mol. The van der Waals surface area contributed by atoms with Crippen LogP contribution in [0, 0.1) is 11.6 Å². The molecule has 1 N–H and O–H groups in total. The maximum Gasteiger partial charge on any atom is 0.160 e. The predicted octanol–water partition coefficient (Wildman–Crippen LogP) is 4.96. The van der Waals surface area contributed by atoms with Crippen LogP contribution >= 0.6 is 27.3 Å². The molecule has 1 aromatic carbocycles. The summed E-state index contributed by atoms with van der Waals surface area (Å²) >= 11 is 5.05. The molecule has 0 radical (unpaired) electrons. The molecule has 1 atom stereocenters. The normalized spacial score (nSPS) is 12.5. The first-order chi connectivity index (χ1) is 8.08. The zero-order valence-electron chi connectivity index (χ0n) is 9.01. The minimum absolute atomic E-state index is 0.0363. The summed E-state index contributed by atoms with van der Waals surface area (Å²) < 4.78 is 26.8. The van der Waals surface area contributed by atoms with Crippen LogP contribution in [0.1, 0.15) is 17.8 Å². The lowest BCUT2D eigenvalue weighted by Gasteiger charge is -2.14. The summed E-state index contributed by atoms with van der Waals surface area (Å²) in [5.74, 6) is -1.67. The summed E-state index contributed by atoms with van der Waals surface area (Å²) in [6, 6.07) is 5.80. The molecule has 0 saturated heterocycles. The molecule has 0 amide bonds. The minimum atomic E-state index is -0.840. The van der Waals surface area contributed by atoms with Crippen molar-refractivity contribution < 1.29 is 8.78 Å². The van der Waals surface area contributed by atoms with Crippen molar-refractivity contribution in [3.8, 4) is 0 Å². The van der Waals surface area contributed by atoms with Gasteiger partial charge in [0.15, 0.2) is 11.6 Å². The van der Waals surface area contributed by atoms with Gasteiger partial charge in [0.1, 0.15) is 0 Å². The van der Waals surface area contributed by atoms with Crippen molar-refractivity contribution in [2.24, 2.45) is 0 Å². The highest BCUT2D eigenvalue weighted by Crippen LogP contribution is 2.31. The topological polar surface area (TPSA) is 12.0 Å². The number of benzene rings is 1. The standard InChI is InChI=1S/C12H10BrF2NS/c1-7(12-9(13)4-5-17-12)16-8-2-3-10(14)11(15)6-8/h2-7,16H,1H3. The SMILES string of the molecule is CC(Nc1ccc(F)c(F)c1)c1sccc1Br. The van der Waals surface area contributed by atoms with E-state index in [1.165, 1.54) is 6.07 Å². The molecule has 0 fully saturated rings. The Morgan fingerprint density at radius 1 is 1.24 bits per heavy atom. The van der Waals surface area contributed by atoms with Crippen LogP contribution in [0.2, 0.25) is 0 Å². The van der Waals surface area contributed by atoms with Crippen molar-refractivity contribution in [3.05, 3.63) is 50.6 Å². The molecule has 0 saturated carbocycles. The third-order valence-electron chi connectivity index (χ3n) is 2.34. The Hall–Kier alpha value is -0.940. The molecule has 0 aliphatic rings. The summed E-state index contributed by atoms with van der Waals surface area (Å²) in [6.07, 6.45) is 0. The maximum atomic E-state index is 13.0. The van der Waals surface area contributed by atoms with Gasteiger partial charge in [-0.15, -0.1) is 11.3 Å². The number of nitrogens with one attached hydrogen (secondary N) is 1. The smallest absolute Gasteiger partial charge is 0.160 e. The van der Waals surface area contributed by atoms with E-state index in [4.69, 9.17) is 0 Å². The van der Waals surface area contributed by atoms with Gasteiger partial charge in [0.25, 0.3) is 0 Å². The summed E-state index contributed by atoms with van der Waals surface area (Å²) in [5, 5.41) is 5.10. The van der Waals surface area contributed by atoms with Gasteiger partial charge in [-0.1, -0.05) is 0 Å². The van der Waals surface area contributed by atoms with Crippen LogP contribution in [-0.4, -0.2) is 0 Å². The number of rotatable bonds is 3. The quantitative estimate of drug-likeness (QED) is 0.843. The molecular weight excluding hydrogens is 308 g/mol. The Morgan fingerprint density at radius 2 is 2.00 bits per heavy atom. The first kappa shape index (κ1) is 12.5. The number of thiophene rings is 1. The molecule has 90 valence electrons. The van der Waals surface area contributed by atoms with Gasteiger partial charge in [-0.05, 0) is 46.4 Å². The van der Waals surface area contributed by atoms with Crippen molar-refractivity contribution in [1.29, 1.82) is 0 Å². The monoisotopic (exact) mass is 317 g/mol. The van der Waals surface area contributed by atoms with E-state index in [1.807, 2.05) is 18.4 Å². The highest BCUT2D eigenvalue weighted by molar-refractivity contribution is 9.10. The fourth-order valence-electron chi connectivity index (χ4n) is 1.52. The van der Waals surface area contributed by atoms with Crippen molar-refractivity contribution in [3.63, 3.8) is 0 Å². The second-order valence-corrected chi connectivity index (χ2v) is 5.43. The maximum absolute atomic E-state index is 13.0. The largest absolute Gasteiger partial charge is 0.378 e. The zero-order valence-corrected chi connectivity index (χ0v) is 11.4. The van der Waals surface area contributed by atoms with E-state index in [1.54, 1.807) is 11.3 Å². The second-order valence-electron chi connectivity index (χ2n) is 3.63. The van der Waals surface area contributed by atoms with E-state index in [2.05, 4.69) is 21.2 Å². The van der Waals surface area contributed by atoms with Gasteiger partial charge in [-0.25, -0.2) is 8.78 Å². The molecule has 1 heterocycles. The fraction of sp³-hybridized carbons (Fsp3) is 0.167. The molecule has 2 aromatic rings. The Bertz CT molecular complexity index is 527. The summed E-state index contributed by atoms with van der Waals surface area (Å²) in [7, 11) is 0. The molecule has 17 heavy (non-hydrogen) atoms. The van der Waals surface area contributed by atoms with Gasteiger partial charge in [0.2, 0.25) is 0 Å². The molecule has 1 nitrogen and oxygen atoms in total. The molecule has 0 spiro atoms. The van der Waals surface area contributed by atoms with Crippen LogP contribution < -0.4 is 5.32 Å². The molecule has 0 aliphatic heterocycles.